The zero-order valence-corrected chi connectivity index (χ0v) is 13.6. The molecule has 1 aromatic heterocycles. The fourth-order valence-corrected chi connectivity index (χ4v) is 3.73. The van der Waals surface area contributed by atoms with Gasteiger partial charge in [0, 0.05) is 14.8 Å². The molecule has 0 bridgehead atoms. The average molecular weight is 328 g/mol. The maximum Gasteiger partial charge on any atom is 0.358 e. The largest absolute Gasteiger partial charge is 0.461 e. The van der Waals surface area contributed by atoms with Gasteiger partial charge in [0.2, 0.25) is 0 Å². The molecule has 2 aromatic rings. The van der Waals surface area contributed by atoms with Gasteiger partial charge in [-0.25, -0.2) is 9.78 Å². The number of rotatable bonds is 5. The normalized spacial score (nSPS) is 10.6. The first-order valence-electron chi connectivity index (χ1n) is 6.12. The van der Waals surface area contributed by atoms with Gasteiger partial charge in [0.25, 0.3) is 0 Å². The number of hydrogen-bond acceptors (Lipinski definition) is 5. The average Bonchev–Trinajstić information content (AvgIpc) is 2.78. The highest BCUT2D eigenvalue weighted by Crippen LogP contribution is 2.28. The Hall–Kier alpha value is -1.04. The van der Waals surface area contributed by atoms with Gasteiger partial charge in [-0.3, -0.25) is 0 Å². The number of halogens is 1. The van der Waals surface area contributed by atoms with Gasteiger partial charge in [-0.2, -0.15) is 0 Å². The van der Waals surface area contributed by atoms with E-state index >= 15 is 0 Å². The molecule has 0 amide bonds. The fraction of sp³-hybridized carbons (Fsp3) is 0.286. The predicted octanol–water partition coefficient (Wildman–Crippen LogP) is 4.57. The topological polar surface area (TPSA) is 39.2 Å². The zero-order valence-electron chi connectivity index (χ0n) is 11.2. The van der Waals surface area contributed by atoms with Gasteiger partial charge in [-0.15, -0.1) is 23.1 Å². The number of aryl methyl sites for hydroxylation is 1. The molecule has 6 heteroatoms. The number of ether oxygens (including phenoxy) is 1. The quantitative estimate of drug-likeness (QED) is 0.595. The SMILES string of the molecule is CCOC(=O)c1nc(CSc2cccc(Cl)c2)sc1C. The summed E-state index contributed by atoms with van der Waals surface area (Å²) < 4.78 is 4.98. The summed E-state index contributed by atoms with van der Waals surface area (Å²) in [7, 11) is 0. The van der Waals surface area contributed by atoms with E-state index < -0.39 is 0 Å². The van der Waals surface area contributed by atoms with Crippen molar-refractivity contribution in [1.82, 2.24) is 4.98 Å². The second kappa shape index (κ2) is 7.11. The van der Waals surface area contributed by atoms with Gasteiger partial charge in [-0.05, 0) is 32.0 Å². The molecule has 1 heterocycles. The first-order chi connectivity index (χ1) is 9.60. The second-order valence-corrected chi connectivity index (χ2v) is 6.75. The van der Waals surface area contributed by atoms with Gasteiger partial charge in [0.1, 0.15) is 5.01 Å². The third-order valence-electron chi connectivity index (χ3n) is 2.47. The van der Waals surface area contributed by atoms with Crippen LogP contribution in [0.1, 0.15) is 27.3 Å². The zero-order chi connectivity index (χ0) is 14.5. The molecule has 0 atom stereocenters. The maximum atomic E-state index is 11.7. The summed E-state index contributed by atoms with van der Waals surface area (Å²) in [6.45, 7) is 4.04. The third-order valence-corrected chi connectivity index (χ3v) is 4.86. The van der Waals surface area contributed by atoms with Crippen LogP contribution in [0.15, 0.2) is 29.2 Å². The molecule has 0 aliphatic heterocycles. The first-order valence-corrected chi connectivity index (χ1v) is 8.30. The summed E-state index contributed by atoms with van der Waals surface area (Å²) in [6.07, 6.45) is 0. The number of nitrogens with zero attached hydrogens (tertiary/aromatic N) is 1. The number of hydrogen-bond donors (Lipinski definition) is 0. The van der Waals surface area contributed by atoms with Crippen molar-refractivity contribution in [2.45, 2.75) is 24.5 Å². The molecular weight excluding hydrogens is 314 g/mol. The Labute approximate surface area is 131 Å². The monoisotopic (exact) mass is 327 g/mol. The van der Waals surface area contributed by atoms with Crippen molar-refractivity contribution in [3.63, 3.8) is 0 Å². The number of thiazole rings is 1. The summed E-state index contributed by atoms with van der Waals surface area (Å²) in [5.41, 5.74) is 0.429. The van der Waals surface area contributed by atoms with Crippen molar-refractivity contribution in [2.75, 3.05) is 6.61 Å². The lowest BCUT2D eigenvalue weighted by molar-refractivity contribution is 0.0519. The Morgan fingerprint density at radius 3 is 3.00 bits per heavy atom. The number of benzene rings is 1. The number of carbonyl (C=O) groups is 1. The van der Waals surface area contributed by atoms with E-state index in [-0.39, 0.29) is 5.97 Å². The Balaban J connectivity index is 2.04. The predicted molar refractivity (Wildman–Crippen MR) is 83.8 cm³/mol. The molecule has 0 aliphatic carbocycles. The molecule has 0 saturated heterocycles. The Kier molecular flexibility index (Phi) is 5.46. The van der Waals surface area contributed by atoms with E-state index in [9.17, 15) is 4.79 Å². The molecule has 0 spiro atoms. The summed E-state index contributed by atoms with van der Waals surface area (Å²) in [5, 5.41) is 1.63. The van der Waals surface area contributed by atoms with E-state index in [0.717, 1.165) is 19.8 Å². The van der Waals surface area contributed by atoms with Gasteiger partial charge < -0.3 is 4.74 Å². The van der Waals surface area contributed by atoms with E-state index in [4.69, 9.17) is 16.3 Å². The van der Waals surface area contributed by atoms with Crippen LogP contribution in [-0.4, -0.2) is 17.6 Å². The van der Waals surface area contributed by atoms with Crippen LogP contribution in [-0.2, 0) is 10.5 Å². The second-order valence-electron chi connectivity index (χ2n) is 3.98. The van der Waals surface area contributed by atoms with E-state index in [2.05, 4.69) is 4.98 Å². The molecule has 106 valence electrons. The molecular formula is C14H14ClNO2S2. The molecule has 3 nitrogen and oxygen atoms in total. The standard InChI is InChI=1S/C14H14ClNO2S2/c1-3-18-14(17)13-9(2)20-12(16-13)8-19-11-6-4-5-10(15)7-11/h4-7H,3,8H2,1-2H3. The number of esters is 1. The lowest BCUT2D eigenvalue weighted by Crippen LogP contribution is -2.06. The molecule has 0 radical (unpaired) electrons. The van der Waals surface area contributed by atoms with Crippen LogP contribution in [0.25, 0.3) is 0 Å². The van der Waals surface area contributed by atoms with Crippen LogP contribution in [0.5, 0.6) is 0 Å². The van der Waals surface area contributed by atoms with Gasteiger partial charge >= 0.3 is 5.97 Å². The van der Waals surface area contributed by atoms with Crippen LogP contribution < -0.4 is 0 Å². The molecule has 0 saturated carbocycles. The smallest absolute Gasteiger partial charge is 0.358 e. The van der Waals surface area contributed by atoms with Crippen molar-refractivity contribution >= 4 is 40.7 Å². The first kappa shape index (κ1) is 15.4. The highest BCUT2D eigenvalue weighted by molar-refractivity contribution is 7.98. The van der Waals surface area contributed by atoms with Crippen LogP contribution in [0, 0.1) is 6.92 Å². The van der Waals surface area contributed by atoms with Crippen LogP contribution in [0.2, 0.25) is 5.02 Å². The molecule has 2 rings (SSSR count). The molecule has 20 heavy (non-hydrogen) atoms. The van der Waals surface area contributed by atoms with E-state index in [1.807, 2.05) is 31.2 Å². The van der Waals surface area contributed by atoms with E-state index in [1.165, 1.54) is 11.3 Å². The van der Waals surface area contributed by atoms with E-state index in [1.54, 1.807) is 18.7 Å². The third kappa shape index (κ3) is 3.98. The summed E-state index contributed by atoms with van der Waals surface area (Å²) in [5.74, 6) is 0.367. The molecule has 0 N–H and O–H groups in total. The fourth-order valence-electron chi connectivity index (χ4n) is 1.60. The number of thioether (sulfide) groups is 1. The maximum absolute atomic E-state index is 11.7. The summed E-state index contributed by atoms with van der Waals surface area (Å²) >= 11 is 9.12. The highest BCUT2D eigenvalue weighted by Gasteiger charge is 2.16. The van der Waals surface area contributed by atoms with Gasteiger partial charge in [-0.1, -0.05) is 17.7 Å². The highest BCUT2D eigenvalue weighted by atomic mass is 35.5. The number of carbonyl (C=O) groups excluding carboxylic acids is 1. The lowest BCUT2D eigenvalue weighted by atomic mass is 10.4. The minimum atomic E-state index is -0.347. The van der Waals surface area contributed by atoms with Crippen LogP contribution in [0.4, 0.5) is 0 Å². The van der Waals surface area contributed by atoms with Crippen molar-refractivity contribution in [3.05, 3.63) is 44.9 Å². The summed E-state index contributed by atoms with van der Waals surface area (Å²) in [4.78, 5) is 18.0. The van der Waals surface area contributed by atoms with Crippen molar-refractivity contribution in [3.8, 4) is 0 Å². The van der Waals surface area contributed by atoms with Gasteiger partial charge in [0.15, 0.2) is 5.69 Å². The van der Waals surface area contributed by atoms with Gasteiger partial charge in [0.05, 0.1) is 12.4 Å². The Morgan fingerprint density at radius 1 is 1.50 bits per heavy atom. The van der Waals surface area contributed by atoms with Crippen molar-refractivity contribution < 1.29 is 9.53 Å². The molecule has 0 fully saturated rings. The van der Waals surface area contributed by atoms with E-state index in [0.29, 0.717) is 18.1 Å². The lowest BCUT2D eigenvalue weighted by Gasteiger charge is -1.99. The Morgan fingerprint density at radius 2 is 2.30 bits per heavy atom. The molecule has 1 aromatic carbocycles. The van der Waals surface area contributed by atoms with Crippen molar-refractivity contribution in [1.29, 1.82) is 0 Å². The minimum absolute atomic E-state index is 0.347. The molecule has 0 unspecified atom stereocenters. The van der Waals surface area contributed by atoms with Crippen molar-refractivity contribution in [2.24, 2.45) is 0 Å². The minimum Gasteiger partial charge on any atom is -0.461 e. The van der Waals surface area contributed by atoms with Crippen LogP contribution >= 0.6 is 34.7 Å². The number of aromatic nitrogens is 1. The Bertz CT molecular complexity index is 613. The molecule has 0 aliphatic rings. The summed E-state index contributed by atoms with van der Waals surface area (Å²) in [6, 6.07) is 7.68. The van der Waals surface area contributed by atoms with Crippen LogP contribution in [0.3, 0.4) is 0 Å².